The van der Waals surface area contributed by atoms with E-state index in [0.717, 1.165) is 11.3 Å². The summed E-state index contributed by atoms with van der Waals surface area (Å²) in [5, 5.41) is 0. The van der Waals surface area contributed by atoms with E-state index in [-0.39, 0.29) is 6.04 Å². The topological polar surface area (TPSA) is 55.9 Å². The molecule has 0 saturated heterocycles. The van der Waals surface area contributed by atoms with Crippen LogP contribution in [0.3, 0.4) is 0 Å². The van der Waals surface area contributed by atoms with E-state index in [1.807, 2.05) is 17.8 Å². The maximum absolute atomic E-state index is 5.61. The molecule has 2 aromatic rings. The van der Waals surface area contributed by atoms with Crippen molar-refractivity contribution in [3.05, 3.63) is 53.6 Å². The number of benzene rings is 1. The van der Waals surface area contributed by atoms with Crippen LogP contribution in [0.25, 0.3) is 0 Å². The van der Waals surface area contributed by atoms with Gasteiger partial charge in [0.2, 0.25) is 0 Å². The summed E-state index contributed by atoms with van der Waals surface area (Å²) in [6.07, 6.45) is 3.60. The predicted octanol–water partition coefficient (Wildman–Crippen LogP) is 1.28. The van der Waals surface area contributed by atoms with Crippen molar-refractivity contribution < 1.29 is 0 Å². The van der Waals surface area contributed by atoms with E-state index in [0.29, 0.717) is 0 Å². The van der Waals surface area contributed by atoms with Gasteiger partial charge in [0.05, 0.1) is 24.3 Å². The largest absolute Gasteiger partial charge is 0.336 e. The summed E-state index contributed by atoms with van der Waals surface area (Å²) in [5.74, 6) is 5.61. The second-order valence-corrected chi connectivity index (χ2v) is 3.94. The highest BCUT2D eigenvalue weighted by atomic mass is 15.2. The molecule has 1 aromatic heterocycles. The lowest BCUT2D eigenvalue weighted by molar-refractivity contribution is 0.597. The smallest absolute Gasteiger partial charge is 0.0946 e. The van der Waals surface area contributed by atoms with E-state index in [1.165, 1.54) is 5.56 Å². The number of nitrogens with two attached hydrogens (primary N) is 1. The van der Waals surface area contributed by atoms with E-state index in [1.54, 1.807) is 6.33 Å². The minimum atomic E-state index is -0.0203. The summed E-state index contributed by atoms with van der Waals surface area (Å²) in [4.78, 5) is 4.10. The fraction of sp³-hybridized carbons (Fsp3) is 0.250. The first-order valence-electron chi connectivity index (χ1n) is 5.21. The summed E-state index contributed by atoms with van der Waals surface area (Å²) in [5.41, 5.74) is 6.24. The Labute approximate surface area is 95.1 Å². The molecule has 4 heteroatoms. The van der Waals surface area contributed by atoms with Crippen LogP contribution in [-0.2, 0) is 7.05 Å². The van der Waals surface area contributed by atoms with Crippen molar-refractivity contribution >= 4 is 0 Å². The highest BCUT2D eigenvalue weighted by Gasteiger charge is 2.14. The lowest BCUT2D eigenvalue weighted by Crippen LogP contribution is -2.30. The zero-order valence-electron chi connectivity index (χ0n) is 9.51. The average molecular weight is 216 g/mol. The van der Waals surface area contributed by atoms with Crippen LogP contribution in [0.15, 0.2) is 36.8 Å². The molecular formula is C12H16N4. The van der Waals surface area contributed by atoms with Gasteiger partial charge in [-0.3, -0.25) is 5.84 Å². The minimum absolute atomic E-state index is 0.0203. The Hall–Kier alpha value is -1.65. The molecular weight excluding hydrogens is 200 g/mol. The van der Waals surface area contributed by atoms with Gasteiger partial charge in [0, 0.05) is 7.05 Å². The number of aryl methyl sites for hydroxylation is 2. The van der Waals surface area contributed by atoms with Crippen molar-refractivity contribution in [1.29, 1.82) is 0 Å². The number of hydrogen-bond acceptors (Lipinski definition) is 3. The van der Waals surface area contributed by atoms with Gasteiger partial charge in [-0.2, -0.15) is 0 Å². The maximum Gasteiger partial charge on any atom is 0.0946 e. The number of rotatable bonds is 3. The Morgan fingerprint density at radius 3 is 2.50 bits per heavy atom. The number of nitrogens with one attached hydrogen (secondary N) is 1. The van der Waals surface area contributed by atoms with Crippen LogP contribution in [0, 0.1) is 6.92 Å². The number of aromatic nitrogens is 2. The highest BCUT2D eigenvalue weighted by Crippen LogP contribution is 2.20. The Morgan fingerprint density at radius 2 is 2.00 bits per heavy atom. The standard InChI is InChI=1S/C12H16N4/c1-9-3-5-10(6-4-9)12(15-13)11-7-14-8-16(11)2/h3-8,12,15H,13H2,1-2H3. The molecule has 1 aromatic carbocycles. The quantitative estimate of drug-likeness (QED) is 0.600. The molecule has 0 bridgehead atoms. The molecule has 4 nitrogen and oxygen atoms in total. The van der Waals surface area contributed by atoms with Gasteiger partial charge in [0.15, 0.2) is 0 Å². The SMILES string of the molecule is Cc1ccc(C(NN)c2cncn2C)cc1. The molecule has 0 fully saturated rings. The van der Waals surface area contributed by atoms with Crippen molar-refractivity contribution in [3.63, 3.8) is 0 Å². The second kappa shape index (κ2) is 4.47. The van der Waals surface area contributed by atoms with Crippen LogP contribution in [0.4, 0.5) is 0 Å². The van der Waals surface area contributed by atoms with Gasteiger partial charge < -0.3 is 4.57 Å². The third-order valence-electron chi connectivity index (χ3n) is 2.73. The average Bonchev–Trinajstić information content (AvgIpc) is 2.69. The summed E-state index contributed by atoms with van der Waals surface area (Å²) in [6.45, 7) is 2.07. The predicted molar refractivity (Wildman–Crippen MR) is 63.6 cm³/mol. The molecule has 0 radical (unpaired) electrons. The van der Waals surface area contributed by atoms with E-state index in [4.69, 9.17) is 5.84 Å². The molecule has 2 rings (SSSR count). The maximum atomic E-state index is 5.61. The van der Waals surface area contributed by atoms with Gasteiger partial charge in [0.1, 0.15) is 0 Å². The lowest BCUT2D eigenvalue weighted by atomic mass is 10.0. The summed E-state index contributed by atoms with van der Waals surface area (Å²) >= 11 is 0. The van der Waals surface area contributed by atoms with E-state index in [9.17, 15) is 0 Å². The van der Waals surface area contributed by atoms with Crippen molar-refractivity contribution in [2.75, 3.05) is 0 Å². The lowest BCUT2D eigenvalue weighted by Gasteiger charge is -2.16. The third kappa shape index (κ3) is 1.98. The molecule has 0 aliphatic rings. The van der Waals surface area contributed by atoms with Crippen LogP contribution in [0.2, 0.25) is 0 Å². The van der Waals surface area contributed by atoms with Crippen LogP contribution in [0.1, 0.15) is 22.9 Å². The Morgan fingerprint density at radius 1 is 1.31 bits per heavy atom. The number of imidazole rings is 1. The molecule has 0 saturated carbocycles. The van der Waals surface area contributed by atoms with Gasteiger partial charge in [-0.1, -0.05) is 29.8 Å². The molecule has 0 aliphatic heterocycles. The molecule has 3 N–H and O–H groups in total. The Bertz CT molecular complexity index is 458. The first-order chi connectivity index (χ1) is 7.72. The fourth-order valence-electron chi connectivity index (χ4n) is 1.76. The van der Waals surface area contributed by atoms with Crippen LogP contribution in [-0.4, -0.2) is 9.55 Å². The molecule has 84 valence electrons. The van der Waals surface area contributed by atoms with Crippen molar-refractivity contribution in [2.45, 2.75) is 13.0 Å². The molecule has 1 unspecified atom stereocenters. The summed E-state index contributed by atoms with van der Waals surface area (Å²) in [6, 6.07) is 8.29. The van der Waals surface area contributed by atoms with E-state index < -0.39 is 0 Å². The van der Waals surface area contributed by atoms with Crippen LogP contribution >= 0.6 is 0 Å². The Kier molecular flexibility index (Phi) is 3.03. The first-order valence-corrected chi connectivity index (χ1v) is 5.21. The highest BCUT2D eigenvalue weighted by molar-refractivity contribution is 5.29. The normalized spacial score (nSPS) is 12.7. The van der Waals surface area contributed by atoms with Gasteiger partial charge in [-0.25, -0.2) is 10.4 Å². The molecule has 0 amide bonds. The molecule has 0 spiro atoms. The first kappa shape index (κ1) is 10.9. The number of nitrogens with zero attached hydrogens (tertiary/aromatic N) is 2. The van der Waals surface area contributed by atoms with Gasteiger partial charge in [0.25, 0.3) is 0 Å². The number of hydrazine groups is 1. The van der Waals surface area contributed by atoms with Crippen molar-refractivity contribution in [3.8, 4) is 0 Å². The molecule has 1 atom stereocenters. The molecule has 16 heavy (non-hydrogen) atoms. The van der Waals surface area contributed by atoms with E-state index in [2.05, 4.69) is 41.6 Å². The second-order valence-electron chi connectivity index (χ2n) is 3.94. The summed E-state index contributed by atoms with van der Waals surface area (Å²) in [7, 11) is 1.96. The fourth-order valence-corrected chi connectivity index (χ4v) is 1.76. The van der Waals surface area contributed by atoms with Gasteiger partial charge >= 0.3 is 0 Å². The van der Waals surface area contributed by atoms with Gasteiger partial charge in [-0.05, 0) is 12.5 Å². The van der Waals surface area contributed by atoms with Crippen LogP contribution < -0.4 is 11.3 Å². The molecule has 1 heterocycles. The summed E-state index contributed by atoms with van der Waals surface area (Å²) < 4.78 is 1.96. The third-order valence-corrected chi connectivity index (χ3v) is 2.73. The monoisotopic (exact) mass is 216 g/mol. The zero-order chi connectivity index (χ0) is 11.5. The van der Waals surface area contributed by atoms with Crippen LogP contribution in [0.5, 0.6) is 0 Å². The number of hydrogen-bond donors (Lipinski definition) is 2. The molecule has 0 aliphatic carbocycles. The minimum Gasteiger partial charge on any atom is -0.336 e. The Balaban J connectivity index is 2.37. The van der Waals surface area contributed by atoms with Gasteiger partial charge in [-0.15, -0.1) is 0 Å². The van der Waals surface area contributed by atoms with Crippen molar-refractivity contribution in [2.24, 2.45) is 12.9 Å². The van der Waals surface area contributed by atoms with E-state index >= 15 is 0 Å². The van der Waals surface area contributed by atoms with Crippen molar-refractivity contribution in [1.82, 2.24) is 15.0 Å². The zero-order valence-corrected chi connectivity index (χ0v) is 9.51.